The number of benzene rings is 4. The molecular weight excluding hydrogens is 524 g/mol. The zero-order valence-electron chi connectivity index (χ0n) is 24.9. The summed E-state index contributed by atoms with van der Waals surface area (Å²) in [6.07, 6.45) is 3.20. The zero-order valence-corrected chi connectivity index (χ0v) is 24.9. The fourth-order valence-corrected chi connectivity index (χ4v) is 6.96. The molecule has 6 rings (SSSR count). The van der Waals surface area contributed by atoms with Gasteiger partial charge in [-0.15, -0.1) is 0 Å². The Morgan fingerprint density at radius 1 is 0.643 bits per heavy atom. The van der Waals surface area contributed by atoms with Gasteiger partial charge in [0.15, 0.2) is 23.0 Å². The molecule has 2 aliphatic rings. The fourth-order valence-electron chi connectivity index (χ4n) is 6.96. The first-order valence-electron chi connectivity index (χ1n) is 14.7. The summed E-state index contributed by atoms with van der Waals surface area (Å²) in [6.45, 7) is 1.78. The van der Waals surface area contributed by atoms with Crippen LogP contribution in [0, 0.1) is 0 Å². The van der Waals surface area contributed by atoms with Crippen molar-refractivity contribution in [2.45, 2.75) is 37.8 Å². The molecule has 0 saturated carbocycles. The molecule has 0 radical (unpaired) electrons. The summed E-state index contributed by atoms with van der Waals surface area (Å²) in [7, 11) is 7.48. The lowest BCUT2D eigenvalue weighted by Crippen LogP contribution is -2.35. The third kappa shape index (κ3) is 4.99. The molecule has 0 spiro atoms. The van der Waals surface area contributed by atoms with E-state index in [-0.39, 0.29) is 23.6 Å². The summed E-state index contributed by atoms with van der Waals surface area (Å²) in [5.41, 5.74) is 8.11. The van der Waals surface area contributed by atoms with Crippen LogP contribution in [0.3, 0.4) is 0 Å². The molecule has 4 aromatic carbocycles. The van der Waals surface area contributed by atoms with Gasteiger partial charge in [0.1, 0.15) is 0 Å². The average Bonchev–Trinajstić information content (AvgIpc) is 3.01. The van der Waals surface area contributed by atoms with Gasteiger partial charge < -0.3 is 19.7 Å². The van der Waals surface area contributed by atoms with Crippen LogP contribution in [0.5, 0.6) is 23.0 Å². The van der Waals surface area contributed by atoms with Crippen LogP contribution in [0.15, 0.2) is 72.8 Å². The highest BCUT2D eigenvalue weighted by atomic mass is 16.5. The summed E-state index contributed by atoms with van der Waals surface area (Å²) >= 11 is 0. The van der Waals surface area contributed by atoms with E-state index in [1.807, 2.05) is 24.3 Å². The summed E-state index contributed by atoms with van der Waals surface area (Å²) < 4.78 is 11.5. The Hall–Kier alpha value is -4.00. The van der Waals surface area contributed by atoms with Crippen molar-refractivity contribution in [3.05, 3.63) is 106 Å². The highest BCUT2D eigenvalue weighted by Crippen LogP contribution is 2.55. The maximum absolute atomic E-state index is 12.0. The Morgan fingerprint density at radius 2 is 1.02 bits per heavy atom. The van der Waals surface area contributed by atoms with Crippen molar-refractivity contribution < 1.29 is 19.7 Å². The first kappa shape index (κ1) is 28.1. The number of nitrogens with zero attached hydrogens (tertiary/aromatic N) is 2. The van der Waals surface area contributed by atoms with Crippen molar-refractivity contribution in [3.8, 4) is 34.1 Å². The first-order valence-corrected chi connectivity index (χ1v) is 14.7. The number of hydrogen-bond acceptors (Lipinski definition) is 6. The Balaban J connectivity index is 1.64. The lowest BCUT2D eigenvalue weighted by molar-refractivity contribution is 0.226. The molecule has 0 fully saturated rings. The molecule has 0 unspecified atom stereocenters. The molecule has 42 heavy (non-hydrogen) atoms. The SMILES string of the molecule is COc1cc2c(c(-c3c(O)c(OC)cc4c3[C@H](Cc3ccccc3)N(C)CC4)c1O)[C@@H](Cc1ccccc1)N(C)CC2. The third-order valence-electron chi connectivity index (χ3n) is 9.21. The van der Waals surface area contributed by atoms with E-state index >= 15 is 0 Å². The number of hydrogen-bond donors (Lipinski definition) is 2. The van der Waals surface area contributed by atoms with Crippen molar-refractivity contribution >= 4 is 0 Å². The molecule has 0 aromatic heterocycles. The van der Waals surface area contributed by atoms with Crippen LogP contribution in [0.25, 0.3) is 11.1 Å². The van der Waals surface area contributed by atoms with Gasteiger partial charge in [0.25, 0.3) is 0 Å². The fraction of sp³-hybridized carbons (Fsp3) is 0.333. The summed E-state index contributed by atoms with van der Waals surface area (Å²) in [5, 5.41) is 24.0. The van der Waals surface area contributed by atoms with E-state index in [9.17, 15) is 10.2 Å². The van der Waals surface area contributed by atoms with E-state index in [4.69, 9.17) is 9.47 Å². The largest absolute Gasteiger partial charge is 0.504 e. The minimum Gasteiger partial charge on any atom is -0.504 e. The number of phenols is 2. The van der Waals surface area contributed by atoms with Crippen molar-refractivity contribution in [2.75, 3.05) is 41.4 Å². The second-order valence-corrected chi connectivity index (χ2v) is 11.6. The van der Waals surface area contributed by atoms with Crippen molar-refractivity contribution in [1.29, 1.82) is 0 Å². The highest BCUT2D eigenvalue weighted by molar-refractivity contribution is 5.88. The third-order valence-corrected chi connectivity index (χ3v) is 9.21. The molecule has 6 nitrogen and oxygen atoms in total. The number of fused-ring (bicyclic) bond motifs is 2. The monoisotopic (exact) mass is 564 g/mol. The number of likely N-dealkylation sites (N-methyl/N-ethyl adjacent to an activating group) is 2. The minimum atomic E-state index is -0.00176. The molecule has 0 aliphatic carbocycles. The molecule has 2 atom stereocenters. The number of rotatable bonds is 7. The lowest BCUT2D eigenvalue weighted by atomic mass is 9.77. The van der Waals surface area contributed by atoms with Gasteiger partial charge in [-0.05, 0) is 85.3 Å². The maximum Gasteiger partial charge on any atom is 0.166 e. The van der Waals surface area contributed by atoms with Crippen LogP contribution in [-0.4, -0.2) is 61.4 Å². The summed E-state index contributed by atoms with van der Waals surface area (Å²) in [6, 6.07) is 24.9. The number of ether oxygens (including phenoxy) is 2. The smallest absolute Gasteiger partial charge is 0.166 e. The van der Waals surface area contributed by atoms with Crippen LogP contribution in [0.2, 0.25) is 0 Å². The molecule has 0 amide bonds. The standard InChI is InChI=1S/C36H40N2O4/c1-37-17-15-25-21-29(41-3)35(39)33(31(25)27(37)19-23-11-7-5-8-12-23)34-32-26(22-30(42-4)36(34)40)16-18-38(2)28(32)20-24-13-9-6-10-14-24/h5-14,21-22,27-28,39-40H,15-20H2,1-4H3/t27-,28+. The van der Waals surface area contributed by atoms with Crippen LogP contribution < -0.4 is 9.47 Å². The normalized spacial score (nSPS) is 18.8. The van der Waals surface area contributed by atoms with E-state index in [0.29, 0.717) is 22.6 Å². The van der Waals surface area contributed by atoms with Gasteiger partial charge >= 0.3 is 0 Å². The molecule has 6 heteroatoms. The van der Waals surface area contributed by atoms with E-state index in [1.165, 1.54) is 11.1 Å². The van der Waals surface area contributed by atoms with E-state index in [0.717, 1.165) is 61.0 Å². The van der Waals surface area contributed by atoms with Crippen molar-refractivity contribution in [1.82, 2.24) is 9.80 Å². The van der Waals surface area contributed by atoms with Crippen molar-refractivity contribution in [3.63, 3.8) is 0 Å². The second kappa shape index (κ2) is 11.7. The molecular formula is C36H40N2O4. The van der Waals surface area contributed by atoms with Crippen LogP contribution in [0.4, 0.5) is 0 Å². The molecule has 4 aromatic rings. The van der Waals surface area contributed by atoms with E-state index in [1.54, 1.807) is 14.2 Å². The van der Waals surface area contributed by atoms with Crippen LogP contribution in [-0.2, 0) is 25.7 Å². The second-order valence-electron chi connectivity index (χ2n) is 11.6. The van der Waals surface area contributed by atoms with Gasteiger partial charge in [-0.25, -0.2) is 0 Å². The molecule has 2 heterocycles. The Morgan fingerprint density at radius 3 is 1.38 bits per heavy atom. The predicted molar refractivity (Wildman–Crippen MR) is 167 cm³/mol. The van der Waals surface area contributed by atoms with Gasteiger partial charge in [-0.2, -0.15) is 0 Å². The molecule has 2 N–H and O–H groups in total. The first-order chi connectivity index (χ1) is 20.4. The van der Waals surface area contributed by atoms with Gasteiger partial charge in [-0.1, -0.05) is 60.7 Å². The summed E-state index contributed by atoms with van der Waals surface area (Å²) in [4.78, 5) is 4.73. The maximum atomic E-state index is 12.0. The number of phenolic OH excluding ortho intramolecular Hbond substituents is 2. The number of methoxy groups -OCH3 is 2. The Labute approximate surface area is 248 Å². The Kier molecular flexibility index (Phi) is 7.84. The average molecular weight is 565 g/mol. The predicted octanol–water partition coefficient (Wildman–Crippen LogP) is 6.33. The molecule has 2 aliphatic heterocycles. The van der Waals surface area contributed by atoms with Gasteiger partial charge in [-0.3, -0.25) is 9.80 Å². The van der Waals surface area contributed by atoms with Gasteiger partial charge in [0.2, 0.25) is 0 Å². The van der Waals surface area contributed by atoms with E-state index in [2.05, 4.69) is 72.4 Å². The van der Waals surface area contributed by atoms with Crippen LogP contribution in [0.1, 0.15) is 45.5 Å². The summed E-state index contributed by atoms with van der Waals surface area (Å²) in [5.74, 6) is 0.960. The lowest BCUT2D eigenvalue weighted by Gasteiger charge is -2.40. The highest BCUT2D eigenvalue weighted by Gasteiger charge is 2.37. The minimum absolute atomic E-state index is 0.00176. The molecule has 0 bridgehead atoms. The van der Waals surface area contributed by atoms with Gasteiger partial charge in [0.05, 0.1) is 14.2 Å². The molecule has 218 valence electrons. The Bertz CT molecular complexity index is 1450. The van der Waals surface area contributed by atoms with Gasteiger partial charge in [0, 0.05) is 36.3 Å². The quantitative estimate of drug-likeness (QED) is 0.274. The topological polar surface area (TPSA) is 65.4 Å². The zero-order chi connectivity index (χ0) is 29.4. The molecule has 0 saturated heterocycles. The van der Waals surface area contributed by atoms with Crippen molar-refractivity contribution in [2.24, 2.45) is 0 Å². The van der Waals surface area contributed by atoms with E-state index < -0.39 is 0 Å². The number of aromatic hydroxyl groups is 2. The van der Waals surface area contributed by atoms with Crippen LogP contribution >= 0.6 is 0 Å².